The fraction of sp³-hybridized carbons (Fsp3) is 1.00. The van der Waals surface area contributed by atoms with Gasteiger partial charge in [0.2, 0.25) is 0 Å². The second-order valence-corrected chi connectivity index (χ2v) is 6.29. The lowest BCUT2D eigenvalue weighted by Gasteiger charge is -2.44. The number of hydrogen-bond acceptors (Lipinski definition) is 3. The fourth-order valence-electron chi connectivity index (χ4n) is 3.12. The topological polar surface area (TPSA) is 38.5 Å². The van der Waals surface area contributed by atoms with Crippen LogP contribution >= 0.6 is 0 Å². The van der Waals surface area contributed by atoms with Crippen LogP contribution in [-0.2, 0) is 4.74 Å². The first-order chi connectivity index (χ1) is 8.14. The van der Waals surface area contributed by atoms with Gasteiger partial charge in [-0.2, -0.15) is 0 Å². The van der Waals surface area contributed by atoms with Crippen molar-refractivity contribution < 1.29 is 4.74 Å². The van der Waals surface area contributed by atoms with Gasteiger partial charge in [0.1, 0.15) is 0 Å². The summed E-state index contributed by atoms with van der Waals surface area (Å²) in [4.78, 5) is 2.69. The van der Waals surface area contributed by atoms with Gasteiger partial charge in [-0.05, 0) is 37.5 Å². The van der Waals surface area contributed by atoms with E-state index < -0.39 is 0 Å². The van der Waals surface area contributed by atoms with E-state index in [-0.39, 0.29) is 5.54 Å². The monoisotopic (exact) mass is 240 g/mol. The summed E-state index contributed by atoms with van der Waals surface area (Å²) in [6, 6.07) is 0.775. The van der Waals surface area contributed by atoms with E-state index >= 15 is 0 Å². The summed E-state index contributed by atoms with van der Waals surface area (Å²) in [6.45, 7) is 7.32. The molecule has 1 atom stereocenters. The molecule has 3 nitrogen and oxygen atoms in total. The first-order valence-corrected chi connectivity index (χ1v) is 7.09. The molecule has 2 rings (SSSR count). The summed E-state index contributed by atoms with van der Waals surface area (Å²) in [7, 11) is 1.81. The molecule has 0 aliphatic heterocycles. The minimum absolute atomic E-state index is 0.125. The zero-order valence-electron chi connectivity index (χ0n) is 11.6. The van der Waals surface area contributed by atoms with Crippen LogP contribution < -0.4 is 5.73 Å². The highest BCUT2D eigenvalue weighted by atomic mass is 16.5. The quantitative estimate of drug-likeness (QED) is 0.704. The first kappa shape index (κ1) is 13.3. The van der Waals surface area contributed by atoms with Crippen molar-refractivity contribution in [3.05, 3.63) is 0 Å². The van der Waals surface area contributed by atoms with Crippen LogP contribution in [0.25, 0.3) is 0 Å². The molecule has 3 heteroatoms. The molecule has 2 fully saturated rings. The number of ether oxygens (including phenoxy) is 1. The molecule has 0 spiro atoms. The van der Waals surface area contributed by atoms with Crippen LogP contribution in [0.4, 0.5) is 0 Å². The van der Waals surface area contributed by atoms with Crippen molar-refractivity contribution in [2.45, 2.75) is 51.1 Å². The SMILES string of the molecule is COCC(CN)(C1CC1)N(CC(C)C)C1CC1. The number of hydrogen-bond donors (Lipinski definition) is 1. The molecular weight excluding hydrogens is 212 g/mol. The molecule has 17 heavy (non-hydrogen) atoms. The minimum atomic E-state index is 0.125. The van der Waals surface area contributed by atoms with E-state index in [0.29, 0.717) is 5.92 Å². The summed E-state index contributed by atoms with van der Waals surface area (Å²) in [5, 5.41) is 0. The predicted molar refractivity (Wildman–Crippen MR) is 71.0 cm³/mol. The normalized spacial score (nSPS) is 24.4. The molecule has 100 valence electrons. The van der Waals surface area contributed by atoms with E-state index in [1.807, 2.05) is 7.11 Å². The molecule has 0 amide bonds. The molecule has 0 aromatic heterocycles. The summed E-state index contributed by atoms with van der Waals surface area (Å²) in [6.07, 6.45) is 5.37. The van der Waals surface area contributed by atoms with E-state index in [4.69, 9.17) is 10.5 Å². The molecule has 1 unspecified atom stereocenters. The van der Waals surface area contributed by atoms with Gasteiger partial charge < -0.3 is 10.5 Å². The Bertz CT molecular complexity index is 249. The van der Waals surface area contributed by atoms with Gasteiger partial charge in [-0.15, -0.1) is 0 Å². The van der Waals surface area contributed by atoms with Crippen molar-refractivity contribution in [1.29, 1.82) is 0 Å². The zero-order valence-corrected chi connectivity index (χ0v) is 11.6. The van der Waals surface area contributed by atoms with Gasteiger partial charge in [0, 0.05) is 26.2 Å². The third-order valence-corrected chi connectivity index (χ3v) is 4.21. The number of nitrogens with zero attached hydrogens (tertiary/aromatic N) is 1. The molecular formula is C14H28N2O. The van der Waals surface area contributed by atoms with Gasteiger partial charge in [-0.3, -0.25) is 4.90 Å². The highest BCUT2D eigenvalue weighted by Crippen LogP contribution is 2.46. The molecule has 0 saturated heterocycles. The van der Waals surface area contributed by atoms with Crippen molar-refractivity contribution in [3.63, 3.8) is 0 Å². The third-order valence-electron chi connectivity index (χ3n) is 4.21. The summed E-state index contributed by atoms with van der Waals surface area (Å²) >= 11 is 0. The van der Waals surface area contributed by atoms with Gasteiger partial charge >= 0.3 is 0 Å². The van der Waals surface area contributed by atoms with Gasteiger partial charge in [0.05, 0.1) is 12.1 Å². The Morgan fingerprint density at radius 1 is 1.29 bits per heavy atom. The number of methoxy groups -OCH3 is 1. The molecule has 2 aliphatic carbocycles. The maximum Gasteiger partial charge on any atom is 0.0661 e. The molecule has 2 N–H and O–H groups in total. The Kier molecular flexibility index (Phi) is 4.11. The van der Waals surface area contributed by atoms with Gasteiger partial charge in [-0.1, -0.05) is 13.8 Å². The largest absolute Gasteiger partial charge is 0.383 e. The standard InChI is InChI=1S/C14H28N2O/c1-11(2)8-16(13-6-7-13)14(9-15,10-17-3)12-4-5-12/h11-13H,4-10,15H2,1-3H3. The lowest BCUT2D eigenvalue weighted by atomic mass is 9.90. The Morgan fingerprint density at radius 3 is 2.29 bits per heavy atom. The van der Waals surface area contributed by atoms with Crippen LogP contribution in [0.15, 0.2) is 0 Å². The summed E-state index contributed by atoms with van der Waals surface area (Å²) in [5.74, 6) is 1.48. The van der Waals surface area contributed by atoms with E-state index in [1.54, 1.807) is 0 Å². The highest BCUT2D eigenvalue weighted by Gasteiger charge is 2.52. The molecule has 0 aromatic carbocycles. The maximum absolute atomic E-state index is 6.16. The van der Waals surface area contributed by atoms with Crippen LogP contribution in [0.2, 0.25) is 0 Å². The minimum Gasteiger partial charge on any atom is -0.383 e. The third kappa shape index (κ3) is 2.83. The van der Waals surface area contributed by atoms with E-state index in [1.165, 1.54) is 32.2 Å². The van der Waals surface area contributed by atoms with Gasteiger partial charge in [0.25, 0.3) is 0 Å². The highest BCUT2D eigenvalue weighted by molar-refractivity contribution is 5.07. The zero-order chi connectivity index (χ0) is 12.5. The van der Waals surface area contributed by atoms with Crippen molar-refractivity contribution in [3.8, 4) is 0 Å². The van der Waals surface area contributed by atoms with Crippen LogP contribution in [0.5, 0.6) is 0 Å². The molecule has 2 saturated carbocycles. The Morgan fingerprint density at radius 2 is 1.94 bits per heavy atom. The van der Waals surface area contributed by atoms with E-state index in [9.17, 15) is 0 Å². The second kappa shape index (κ2) is 5.25. The molecule has 0 heterocycles. The van der Waals surface area contributed by atoms with Crippen molar-refractivity contribution >= 4 is 0 Å². The predicted octanol–water partition coefficient (Wildman–Crippen LogP) is 1.86. The van der Waals surface area contributed by atoms with Gasteiger partial charge in [-0.25, -0.2) is 0 Å². The summed E-state index contributed by atoms with van der Waals surface area (Å²) in [5.41, 5.74) is 6.28. The molecule has 0 radical (unpaired) electrons. The van der Waals surface area contributed by atoms with Crippen molar-refractivity contribution in [2.75, 3.05) is 26.8 Å². The summed E-state index contributed by atoms with van der Waals surface area (Å²) < 4.78 is 5.52. The maximum atomic E-state index is 6.16. The average molecular weight is 240 g/mol. The van der Waals surface area contributed by atoms with Crippen molar-refractivity contribution in [2.24, 2.45) is 17.6 Å². The number of nitrogens with two attached hydrogens (primary N) is 1. The van der Waals surface area contributed by atoms with Crippen LogP contribution in [0, 0.1) is 11.8 Å². The van der Waals surface area contributed by atoms with E-state index in [2.05, 4.69) is 18.7 Å². The van der Waals surface area contributed by atoms with Crippen LogP contribution in [-0.4, -0.2) is 43.3 Å². The van der Waals surface area contributed by atoms with Crippen LogP contribution in [0.3, 0.4) is 0 Å². The fourth-order valence-corrected chi connectivity index (χ4v) is 3.12. The molecule has 0 bridgehead atoms. The Balaban J connectivity index is 2.14. The molecule has 2 aliphatic rings. The van der Waals surface area contributed by atoms with Gasteiger partial charge in [0.15, 0.2) is 0 Å². The van der Waals surface area contributed by atoms with Crippen LogP contribution in [0.1, 0.15) is 39.5 Å². The lowest BCUT2D eigenvalue weighted by Crippen LogP contribution is -2.60. The van der Waals surface area contributed by atoms with E-state index in [0.717, 1.165) is 25.1 Å². The Labute approximate surface area is 106 Å². The Hall–Kier alpha value is -0.120. The molecule has 0 aromatic rings. The first-order valence-electron chi connectivity index (χ1n) is 7.09. The van der Waals surface area contributed by atoms with Crippen molar-refractivity contribution in [1.82, 2.24) is 4.90 Å². The smallest absolute Gasteiger partial charge is 0.0661 e. The number of rotatable bonds is 8. The second-order valence-electron chi connectivity index (χ2n) is 6.29. The lowest BCUT2D eigenvalue weighted by molar-refractivity contribution is -0.0128. The average Bonchev–Trinajstić information content (AvgIpc) is 3.16.